The Morgan fingerprint density at radius 3 is 2.94 bits per heavy atom. The quantitative estimate of drug-likeness (QED) is 0.814. The van der Waals surface area contributed by atoms with Crippen LogP contribution in [-0.4, -0.2) is 19.8 Å². The molecule has 2 aromatic rings. The molecule has 0 spiro atoms. The smallest absolute Gasteiger partial charge is 0.122 e. The van der Waals surface area contributed by atoms with Crippen molar-refractivity contribution in [3.8, 4) is 0 Å². The first-order chi connectivity index (χ1) is 8.56. The van der Waals surface area contributed by atoms with Crippen LogP contribution in [-0.2, 0) is 13.6 Å². The van der Waals surface area contributed by atoms with Crippen LogP contribution in [0.15, 0.2) is 24.5 Å². The largest absolute Gasteiger partial charge is 0.388 e. The van der Waals surface area contributed by atoms with E-state index in [1.54, 1.807) is 10.9 Å². The maximum Gasteiger partial charge on any atom is 0.122 e. The number of thiocarbonyl (C=S) groups is 1. The monoisotopic (exact) mass is 261 g/mol. The average Bonchev–Trinajstić information content (AvgIpc) is 2.65. The highest BCUT2D eigenvalue weighted by Gasteiger charge is 2.04. The van der Waals surface area contributed by atoms with Gasteiger partial charge in [0.25, 0.3) is 0 Å². The number of rotatable bonds is 4. The fraction of sp³-hybridized carbons (Fsp3) is 0.250. The lowest BCUT2D eigenvalue weighted by Crippen LogP contribution is -2.12. The maximum absolute atomic E-state index is 5.55. The molecule has 0 aliphatic heterocycles. The predicted octanol–water partition coefficient (Wildman–Crippen LogP) is 1.37. The molecule has 0 saturated heterocycles. The van der Waals surface area contributed by atoms with Gasteiger partial charge in [-0.2, -0.15) is 5.10 Å². The normalized spacial score (nSPS) is 10.3. The first kappa shape index (κ1) is 12.5. The highest BCUT2D eigenvalue weighted by atomic mass is 32.1. The molecule has 0 radical (unpaired) electrons. The van der Waals surface area contributed by atoms with E-state index in [0.717, 1.165) is 16.9 Å². The molecule has 0 atom stereocenters. The summed E-state index contributed by atoms with van der Waals surface area (Å²) in [6.07, 6.45) is 3.69. The van der Waals surface area contributed by atoms with Gasteiger partial charge in [-0.25, -0.2) is 0 Å². The molecular weight excluding hydrogens is 246 g/mol. The van der Waals surface area contributed by atoms with Crippen LogP contribution in [0, 0.1) is 6.92 Å². The standard InChI is InChI=1S/C12H15N5S/c1-8-9(7-17(2)16-8)6-15-10-3-4-14-11(5-10)12(13)18/h3-5,7H,6H2,1-2H3,(H2,13,18)(H,14,15). The summed E-state index contributed by atoms with van der Waals surface area (Å²) in [5.74, 6) is 0. The molecule has 94 valence electrons. The first-order valence-electron chi connectivity index (χ1n) is 5.55. The first-order valence-corrected chi connectivity index (χ1v) is 5.96. The van der Waals surface area contributed by atoms with Crippen LogP contribution < -0.4 is 11.1 Å². The van der Waals surface area contributed by atoms with Crippen LogP contribution in [0.3, 0.4) is 0 Å². The van der Waals surface area contributed by atoms with E-state index < -0.39 is 0 Å². The van der Waals surface area contributed by atoms with Gasteiger partial charge in [0.05, 0.1) is 11.4 Å². The summed E-state index contributed by atoms with van der Waals surface area (Å²) in [6.45, 7) is 2.70. The summed E-state index contributed by atoms with van der Waals surface area (Å²) in [4.78, 5) is 4.39. The van der Waals surface area contributed by atoms with Crippen LogP contribution in [0.2, 0.25) is 0 Å². The van der Waals surface area contributed by atoms with Crippen molar-refractivity contribution in [2.75, 3.05) is 5.32 Å². The number of nitrogens with zero attached hydrogens (tertiary/aromatic N) is 3. The van der Waals surface area contributed by atoms with E-state index >= 15 is 0 Å². The van der Waals surface area contributed by atoms with Crippen LogP contribution in [0.1, 0.15) is 17.0 Å². The molecule has 0 aromatic carbocycles. The third-order valence-electron chi connectivity index (χ3n) is 2.61. The van der Waals surface area contributed by atoms with Gasteiger partial charge in [-0.05, 0) is 19.1 Å². The molecule has 2 rings (SSSR count). The number of hydrogen-bond donors (Lipinski definition) is 2. The molecule has 0 saturated carbocycles. The average molecular weight is 261 g/mol. The maximum atomic E-state index is 5.55. The minimum atomic E-state index is 0.302. The minimum Gasteiger partial charge on any atom is -0.388 e. The topological polar surface area (TPSA) is 68.8 Å². The van der Waals surface area contributed by atoms with Crippen molar-refractivity contribution in [2.24, 2.45) is 12.8 Å². The van der Waals surface area contributed by atoms with Crippen molar-refractivity contribution in [3.63, 3.8) is 0 Å². The molecule has 0 bridgehead atoms. The SMILES string of the molecule is Cc1nn(C)cc1CNc1ccnc(C(N)=S)c1. The van der Waals surface area contributed by atoms with E-state index in [0.29, 0.717) is 17.2 Å². The summed E-state index contributed by atoms with van der Waals surface area (Å²) in [5, 5.41) is 7.59. The van der Waals surface area contributed by atoms with Gasteiger partial charge in [0.15, 0.2) is 0 Å². The van der Waals surface area contributed by atoms with Gasteiger partial charge >= 0.3 is 0 Å². The Kier molecular flexibility index (Phi) is 3.57. The molecule has 6 heteroatoms. The van der Waals surface area contributed by atoms with Crippen molar-refractivity contribution in [2.45, 2.75) is 13.5 Å². The number of pyridine rings is 1. The molecule has 3 N–H and O–H groups in total. The van der Waals surface area contributed by atoms with E-state index in [9.17, 15) is 0 Å². The van der Waals surface area contributed by atoms with Gasteiger partial charge in [-0.15, -0.1) is 0 Å². The highest BCUT2D eigenvalue weighted by molar-refractivity contribution is 7.80. The lowest BCUT2D eigenvalue weighted by atomic mass is 10.2. The van der Waals surface area contributed by atoms with Crippen LogP contribution >= 0.6 is 12.2 Å². The van der Waals surface area contributed by atoms with E-state index in [1.165, 1.54) is 0 Å². The number of aryl methyl sites for hydroxylation is 2. The van der Waals surface area contributed by atoms with Crippen molar-refractivity contribution in [1.29, 1.82) is 0 Å². The summed E-state index contributed by atoms with van der Waals surface area (Å²) >= 11 is 4.90. The predicted molar refractivity (Wildman–Crippen MR) is 75.4 cm³/mol. The van der Waals surface area contributed by atoms with Crippen molar-refractivity contribution >= 4 is 22.9 Å². The Labute approximate surface area is 111 Å². The molecule has 18 heavy (non-hydrogen) atoms. The molecule has 0 fully saturated rings. The van der Waals surface area contributed by atoms with E-state index in [4.69, 9.17) is 18.0 Å². The van der Waals surface area contributed by atoms with E-state index in [2.05, 4.69) is 15.4 Å². The third kappa shape index (κ3) is 2.84. The van der Waals surface area contributed by atoms with Crippen LogP contribution in [0.5, 0.6) is 0 Å². The molecule has 0 aliphatic rings. The van der Waals surface area contributed by atoms with E-state index in [1.807, 2.05) is 32.3 Å². The summed E-state index contributed by atoms with van der Waals surface area (Å²) in [5.41, 5.74) is 9.29. The second kappa shape index (κ2) is 5.14. The second-order valence-electron chi connectivity index (χ2n) is 4.06. The van der Waals surface area contributed by atoms with Crippen molar-refractivity contribution < 1.29 is 0 Å². The molecule has 0 amide bonds. The summed E-state index contributed by atoms with van der Waals surface area (Å²) in [7, 11) is 1.91. The fourth-order valence-electron chi connectivity index (χ4n) is 1.69. The molecule has 0 unspecified atom stereocenters. The third-order valence-corrected chi connectivity index (χ3v) is 2.82. The summed E-state index contributed by atoms with van der Waals surface area (Å²) in [6, 6.07) is 3.72. The molecule has 5 nitrogen and oxygen atoms in total. The zero-order chi connectivity index (χ0) is 13.1. The summed E-state index contributed by atoms with van der Waals surface area (Å²) < 4.78 is 1.80. The molecule has 2 heterocycles. The zero-order valence-electron chi connectivity index (χ0n) is 10.3. The Morgan fingerprint density at radius 2 is 2.33 bits per heavy atom. The lowest BCUT2D eigenvalue weighted by Gasteiger charge is -2.06. The number of anilines is 1. The Hall–Kier alpha value is -1.95. The van der Waals surface area contributed by atoms with Gasteiger partial charge in [0.1, 0.15) is 4.99 Å². The molecule has 0 aliphatic carbocycles. The van der Waals surface area contributed by atoms with E-state index in [-0.39, 0.29) is 0 Å². The molecular formula is C12H15N5S. The van der Waals surface area contributed by atoms with Crippen molar-refractivity contribution in [3.05, 3.63) is 41.5 Å². The molecule has 2 aromatic heterocycles. The van der Waals surface area contributed by atoms with Crippen LogP contribution in [0.25, 0.3) is 0 Å². The minimum absolute atomic E-state index is 0.302. The number of nitrogens with one attached hydrogen (secondary N) is 1. The second-order valence-corrected chi connectivity index (χ2v) is 4.50. The van der Waals surface area contributed by atoms with Crippen molar-refractivity contribution in [1.82, 2.24) is 14.8 Å². The number of aromatic nitrogens is 3. The highest BCUT2D eigenvalue weighted by Crippen LogP contribution is 2.11. The van der Waals surface area contributed by atoms with Gasteiger partial charge < -0.3 is 11.1 Å². The van der Waals surface area contributed by atoms with Gasteiger partial charge in [0.2, 0.25) is 0 Å². The number of nitrogens with two attached hydrogens (primary N) is 1. The van der Waals surface area contributed by atoms with Crippen LogP contribution in [0.4, 0.5) is 5.69 Å². The Morgan fingerprint density at radius 1 is 1.56 bits per heavy atom. The number of hydrogen-bond acceptors (Lipinski definition) is 4. The fourth-order valence-corrected chi connectivity index (χ4v) is 1.81. The Balaban J connectivity index is 2.08. The Bertz CT molecular complexity index is 576. The zero-order valence-corrected chi connectivity index (χ0v) is 11.2. The van der Waals surface area contributed by atoms with Gasteiger partial charge in [0, 0.05) is 37.2 Å². The van der Waals surface area contributed by atoms with Gasteiger partial charge in [-0.1, -0.05) is 12.2 Å². The lowest BCUT2D eigenvalue weighted by molar-refractivity contribution is 0.756. The van der Waals surface area contributed by atoms with Gasteiger partial charge in [-0.3, -0.25) is 9.67 Å².